The van der Waals surface area contributed by atoms with Gasteiger partial charge in [-0.25, -0.2) is 8.42 Å². The fraction of sp³-hybridized carbons (Fsp3) is 0.364. The quantitative estimate of drug-likeness (QED) is 0.481. The van der Waals surface area contributed by atoms with E-state index in [0.717, 1.165) is 13.8 Å². The second-order valence-electron chi connectivity index (χ2n) is 4.67. The zero-order valence-corrected chi connectivity index (χ0v) is 14.9. The lowest BCUT2D eigenvalue weighted by atomic mass is 10.2. The first-order chi connectivity index (χ1) is 10.7. The van der Waals surface area contributed by atoms with Gasteiger partial charge in [0.1, 0.15) is 11.5 Å². The maximum Gasteiger partial charge on any atom is 0.302 e. The Morgan fingerprint density at radius 3 is 1.88 bits per heavy atom. The Hall–Kier alpha value is -1.54. The summed E-state index contributed by atoms with van der Waals surface area (Å²) in [7, 11) is -14.3. The molecule has 0 fully saturated rings. The molecular weight excluding hydrogens is 388 g/mol. The van der Waals surface area contributed by atoms with Crippen LogP contribution in [0.25, 0.3) is 0 Å². The number of ether oxygens (including phenoxy) is 1. The fourth-order valence-electron chi connectivity index (χ4n) is 1.77. The Bertz CT molecular complexity index is 971. The van der Waals surface area contributed by atoms with Crippen molar-refractivity contribution in [2.75, 3.05) is 12.4 Å². The molecule has 0 bridgehead atoms. The van der Waals surface area contributed by atoms with Gasteiger partial charge in [0, 0.05) is 6.92 Å². The summed E-state index contributed by atoms with van der Waals surface area (Å²) in [6.45, 7) is 1.60. The molecule has 0 amide bonds. The molecule has 0 atom stereocenters. The van der Waals surface area contributed by atoms with Gasteiger partial charge >= 0.3 is 5.97 Å². The lowest BCUT2D eigenvalue weighted by molar-refractivity contribution is -0.140. The Kier molecular flexibility index (Phi) is 5.77. The van der Waals surface area contributed by atoms with Crippen molar-refractivity contribution in [1.29, 1.82) is 0 Å². The van der Waals surface area contributed by atoms with Crippen LogP contribution in [0.2, 0.25) is 0 Å². The number of hydrogen-bond acceptors (Lipinski definition) is 8. The van der Waals surface area contributed by atoms with Crippen molar-refractivity contribution in [1.82, 2.24) is 0 Å². The van der Waals surface area contributed by atoms with E-state index in [0.29, 0.717) is 12.1 Å². The van der Waals surface area contributed by atoms with Crippen molar-refractivity contribution in [3.63, 3.8) is 0 Å². The largest absolute Gasteiger partial charge is 0.465 e. The third-order valence-corrected chi connectivity index (χ3v) is 6.52. The molecule has 0 unspecified atom stereocenters. The molecular formula is C11H14O10S3. The number of carbonyl (C=O) groups excluding carboxylic acids is 1. The predicted octanol–water partition coefficient (Wildman–Crippen LogP) is -0.175. The molecule has 0 aromatic heterocycles. The van der Waals surface area contributed by atoms with Crippen LogP contribution in [0.1, 0.15) is 12.5 Å². The third-order valence-electron chi connectivity index (χ3n) is 2.79. The molecule has 24 heavy (non-hydrogen) atoms. The highest BCUT2D eigenvalue weighted by Gasteiger charge is 2.29. The van der Waals surface area contributed by atoms with E-state index in [1.54, 1.807) is 0 Å². The van der Waals surface area contributed by atoms with E-state index >= 15 is 0 Å². The third kappa shape index (κ3) is 4.98. The smallest absolute Gasteiger partial charge is 0.302 e. The summed E-state index contributed by atoms with van der Waals surface area (Å²) in [5.74, 6) is -1.54. The first-order valence-electron chi connectivity index (χ1n) is 6.12. The van der Waals surface area contributed by atoms with Crippen LogP contribution in [0.3, 0.4) is 0 Å². The van der Waals surface area contributed by atoms with Gasteiger partial charge in [0.15, 0.2) is 9.84 Å². The second-order valence-corrected chi connectivity index (χ2v) is 9.53. The molecule has 0 spiro atoms. The minimum atomic E-state index is -5.12. The number of hydrogen-bond donors (Lipinski definition) is 2. The molecule has 0 radical (unpaired) electrons. The summed E-state index contributed by atoms with van der Waals surface area (Å²) in [6.07, 6.45) is 0. The van der Waals surface area contributed by atoms with Gasteiger partial charge in [0.2, 0.25) is 0 Å². The number of sulfone groups is 1. The van der Waals surface area contributed by atoms with Crippen molar-refractivity contribution in [3.05, 3.63) is 17.7 Å². The van der Waals surface area contributed by atoms with E-state index in [9.17, 15) is 34.6 Å². The highest BCUT2D eigenvalue weighted by Crippen LogP contribution is 2.28. The van der Waals surface area contributed by atoms with Crippen LogP contribution in [0.4, 0.5) is 0 Å². The fourth-order valence-corrected chi connectivity index (χ4v) is 5.10. The molecule has 0 aliphatic heterocycles. The summed E-state index contributed by atoms with van der Waals surface area (Å²) in [5.41, 5.74) is -0.254. The average Bonchev–Trinajstić information content (AvgIpc) is 2.34. The van der Waals surface area contributed by atoms with Crippen LogP contribution < -0.4 is 0 Å². The topological polar surface area (TPSA) is 169 Å². The van der Waals surface area contributed by atoms with E-state index < -0.39 is 63.1 Å². The number of esters is 1. The Morgan fingerprint density at radius 2 is 1.46 bits per heavy atom. The summed E-state index contributed by atoms with van der Waals surface area (Å²) in [4.78, 5) is 7.71. The number of aryl methyl sites for hydroxylation is 1. The van der Waals surface area contributed by atoms with Crippen LogP contribution in [-0.4, -0.2) is 52.7 Å². The van der Waals surface area contributed by atoms with Gasteiger partial charge in [-0.3, -0.25) is 13.9 Å². The van der Waals surface area contributed by atoms with Crippen molar-refractivity contribution < 1.29 is 43.9 Å². The van der Waals surface area contributed by atoms with Gasteiger partial charge < -0.3 is 4.74 Å². The molecule has 1 rings (SSSR count). The predicted molar refractivity (Wildman–Crippen MR) is 79.5 cm³/mol. The molecule has 1 aromatic carbocycles. The molecule has 0 saturated heterocycles. The molecule has 0 aliphatic carbocycles. The van der Waals surface area contributed by atoms with Crippen molar-refractivity contribution in [3.8, 4) is 0 Å². The standard InChI is InChI=1S/C11H14O10S3/c1-7-5-10(22(13,14)4-3-21-8(2)12)11(24(18,19)20)6-9(7)23(15,16)17/h5-6H,3-4H2,1-2H3,(H,15,16,17)(H,18,19,20). The van der Waals surface area contributed by atoms with Crippen LogP contribution in [-0.2, 0) is 39.6 Å². The first kappa shape index (κ1) is 20.5. The van der Waals surface area contributed by atoms with Crippen LogP contribution in [0, 0.1) is 6.92 Å². The van der Waals surface area contributed by atoms with Crippen LogP contribution >= 0.6 is 0 Å². The zero-order chi connectivity index (χ0) is 18.9. The average molecular weight is 402 g/mol. The van der Waals surface area contributed by atoms with Gasteiger partial charge in [-0.2, -0.15) is 16.8 Å². The molecule has 10 nitrogen and oxygen atoms in total. The molecule has 0 aliphatic rings. The van der Waals surface area contributed by atoms with E-state index in [4.69, 9.17) is 4.55 Å². The molecule has 2 N–H and O–H groups in total. The SMILES string of the molecule is CC(=O)OCCS(=O)(=O)c1cc(C)c(S(=O)(=O)O)cc1S(=O)(=O)O. The van der Waals surface area contributed by atoms with Gasteiger partial charge in [-0.15, -0.1) is 0 Å². The van der Waals surface area contributed by atoms with Gasteiger partial charge in [0.05, 0.1) is 15.5 Å². The molecule has 0 saturated carbocycles. The second kappa shape index (κ2) is 6.76. The monoisotopic (exact) mass is 402 g/mol. The Labute approximate surface area is 138 Å². The lowest BCUT2D eigenvalue weighted by Crippen LogP contribution is -2.18. The van der Waals surface area contributed by atoms with Crippen LogP contribution in [0.5, 0.6) is 0 Å². The Morgan fingerprint density at radius 1 is 0.958 bits per heavy atom. The maximum atomic E-state index is 12.2. The van der Waals surface area contributed by atoms with Crippen molar-refractivity contribution in [2.24, 2.45) is 0 Å². The van der Waals surface area contributed by atoms with Gasteiger partial charge in [0.25, 0.3) is 20.2 Å². The normalized spacial score (nSPS) is 12.8. The van der Waals surface area contributed by atoms with E-state index in [1.165, 1.54) is 0 Å². The summed E-state index contributed by atoms with van der Waals surface area (Å²) >= 11 is 0. The summed E-state index contributed by atoms with van der Waals surface area (Å²) in [5, 5.41) is 0. The molecule has 0 heterocycles. The zero-order valence-electron chi connectivity index (χ0n) is 12.5. The lowest BCUT2D eigenvalue weighted by Gasteiger charge is -2.12. The van der Waals surface area contributed by atoms with E-state index in [2.05, 4.69) is 4.74 Å². The summed E-state index contributed by atoms with van der Waals surface area (Å²) in [6, 6.07) is 1.04. The minimum Gasteiger partial charge on any atom is -0.465 e. The maximum absolute atomic E-state index is 12.2. The van der Waals surface area contributed by atoms with Crippen molar-refractivity contribution >= 4 is 36.0 Å². The molecule has 1 aromatic rings. The minimum absolute atomic E-state index is 0.254. The highest BCUT2D eigenvalue weighted by atomic mass is 32.2. The van der Waals surface area contributed by atoms with Crippen LogP contribution in [0.15, 0.2) is 26.8 Å². The van der Waals surface area contributed by atoms with E-state index in [1.807, 2.05) is 0 Å². The highest BCUT2D eigenvalue weighted by molar-refractivity contribution is 7.92. The Balaban J connectivity index is 3.59. The number of carbonyl (C=O) groups is 1. The van der Waals surface area contributed by atoms with Crippen molar-refractivity contribution in [2.45, 2.75) is 28.5 Å². The number of benzene rings is 1. The molecule has 136 valence electrons. The van der Waals surface area contributed by atoms with Gasteiger partial charge in [-0.1, -0.05) is 0 Å². The molecule has 13 heteroatoms. The van der Waals surface area contributed by atoms with E-state index in [-0.39, 0.29) is 5.56 Å². The number of rotatable bonds is 6. The first-order valence-corrected chi connectivity index (χ1v) is 10.7. The summed E-state index contributed by atoms with van der Waals surface area (Å²) < 4.78 is 92.3. The van der Waals surface area contributed by atoms with Gasteiger partial charge in [-0.05, 0) is 24.6 Å².